The van der Waals surface area contributed by atoms with Crippen LogP contribution in [0.2, 0.25) is 0 Å². The molecule has 0 atom stereocenters. The molecule has 0 radical (unpaired) electrons. The Balaban J connectivity index is 1.74. The molecule has 7 heteroatoms. The smallest absolute Gasteiger partial charge is 0.191 e. The van der Waals surface area contributed by atoms with Crippen molar-refractivity contribution in [1.29, 1.82) is 0 Å². The Labute approximate surface area is 183 Å². The van der Waals surface area contributed by atoms with Crippen LogP contribution in [0.4, 0.5) is 0 Å². The summed E-state index contributed by atoms with van der Waals surface area (Å²) >= 11 is 0. The summed E-state index contributed by atoms with van der Waals surface area (Å²) in [6.07, 6.45) is 4.75. The van der Waals surface area contributed by atoms with E-state index in [1.54, 1.807) is 6.26 Å². The van der Waals surface area contributed by atoms with Crippen molar-refractivity contribution in [3.63, 3.8) is 0 Å². The number of hydrogen-bond donors (Lipinski definition) is 2. The van der Waals surface area contributed by atoms with Gasteiger partial charge in [-0.05, 0) is 59.2 Å². The van der Waals surface area contributed by atoms with Gasteiger partial charge in [-0.3, -0.25) is 14.8 Å². The normalized spacial score (nSPS) is 16.0. The molecule has 30 heavy (non-hydrogen) atoms. The molecular formula is C23H43N5O2. The fraction of sp³-hybridized carbons (Fsp3) is 0.783. The average Bonchev–Trinajstić information content (AvgIpc) is 3.24. The zero-order valence-corrected chi connectivity index (χ0v) is 19.5. The van der Waals surface area contributed by atoms with Crippen LogP contribution in [0.5, 0.6) is 0 Å². The van der Waals surface area contributed by atoms with Crippen molar-refractivity contribution in [2.45, 2.75) is 59.0 Å². The zero-order valence-electron chi connectivity index (χ0n) is 19.5. The predicted molar refractivity (Wildman–Crippen MR) is 124 cm³/mol. The lowest BCUT2D eigenvalue weighted by Crippen LogP contribution is -2.41. The van der Waals surface area contributed by atoms with E-state index in [-0.39, 0.29) is 0 Å². The fourth-order valence-electron chi connectivity index (χ4n) is 3.82. The molecule has 1 aromatic heterocycles. The summed E-state index contributed by atoms with van der Waals surface area (Å²) < 4.78 is 10.9. The van der Waals surface area contributed by atoms with Gasteiger partial charge in [-0.1, -0.05) is 0 Å². The molecule has 0 amide bonds. The highest BCUT2D eigenvalue weighted by Crippen LogP contribution is 2.05. The van der Waals surface area contributed by atoms with Gasteiger partial charge >= 0.3 is 0 Å². The van der Waals surface area contributed by atoms with Crippen molar-refractivity contribution in [2.75, 3.05) is 59.0 Å². The first kappa shape index (κ1) is 24.7. The Bertz CT molecular complexity index is 560. The maximum absolute atomic E-state index is 5.43. The van der Waals surface area contributed by atoms with E-state index in [9.17, 15) is 0 Å². The SMILES string of the molecule is CC(C)N(CCCN=C(NCCCN1CCOCC1)NCCc1ccco1)C(C)C. The molecular weight excluding hydrogens is 378 g/mol. The minimum absolute atomic E-state index is 0.568. The first-order valence-corrected chi connectivity index (χ1v) is 11.7. The van der Waals surface area contributed by atoms with Crippen LogP contribution in [0.3, 0.4) is 0 Å². The molecule has 2 N–H and O–H groups in total. The Hall–Kier alpha value is -1.57. The molecule has 7 nitrogen and oxygen atoms in total. The van der Waals surface area contributed by atoms with Crippen molar-refractivity contribution in [2.24, 2.45) is 4.99 Å². The highest BCUT2D eigenvalue weighted by molar-refractivity contribution is 5.79. The third-order valence-corrected chi connectivity index (χ3v) is 5.46. The number of morpholine rings is 1. The van der Waals surface area contributed by atoms with Crippen LogP contribution in [0.15, 0.2) is 27.8 Å². The van der Waals surface area contributed by atoms with Gasteiger partial charge in [0.05, 0.1) is 19.5 Å². The molecule has 0 aliphatic carbocycles. The van der Waals surface area contributed by atoms with Gasteiger partial charge in [0.1, 0.15) is 5.76 Å². The highest BCUT2D eigenvalue weighted by Gasteiger charge is 2.12. The molecule has 2 heterocycles. The van der Waals surface area contributed by atoms with Crippen LogP contribution in [0, 0.1) is 0 Å². The summed E-state index contributed by atoms with van der Waals surface area (Å²) in [5.74, 6) is 1.91. The van der Waals surface area contributed by atoms with Crippen molar-refractivity contribution in [3.8, 4) is 0 Å². The minimum Gasteiger partial charge on any atom is -0.469 e. The quantitative estimate of drug-likeness (QED) is 0.290. The molecule has 0 unspecified atom stereocenters. The van der Waals surface area contributed by atoms with E-state index in [2.05, 4.69) is 48.1 Å². The van der Waals surface area contributed by atoms with Crippen molar-refractivity contribution >= 4 is 5.96 Å². The second kappa shape index (κ2) is 14.4. The molecule has 1 saturated heterocycles. The van der Waals surface area contributed by atoms with Gasteiger partial charge in [-0.15, -0.1) is 0 Å². The van der Waals surface area contributed by atoms with Crippen molar-refractivity contribution < 1.29 is 9.15 Å². The number of nitrogens with zero attached hydrogens (tertiary/aromatic N) is 3. The molecule has 2 rings (SSSR count). The van der Waals surface area contributed by atoms with Crippen molar-refractivity contribution in [1.82, 2.24) is 20.4 Å². The van der Waals surface area contributed by atoms with Gasteiger partial charge in [-0.25, -0.2) is 0 Å². The van der Waals surface area contributed by atoms with E-state index in [1.807, 2.05) is 12.1 Å². The lowest BCUT2D eigenvalue weighted by atomic mass is 10.2. The topological polar surface area (TPSA) is 65.3 Å². The average molecular weight is 422 g/mol. The van der Waals surface area contributed by atoms with Gasteiger partial charge in [0.25, 0.3) is 0 Å². The first-order valence-electron chi connectivity index (χ1n) is 11.7. The molecule has 1 fully saturated rings. The number of ether oxygens (including phenoxy) is 1. The molecule has 0 bridgehead atoms. The minimum atomic E-state index is 0.568. The summed E-state index contributed by atoms with van der Waals surface area (Å²) in [5, 5.41) is 6.97. The van der Waals surface area contributed by atoms with Crippen LogP contribution in [0.1, 0.15) is 46.3 Å². The number of guanidine groups is 1. The maximum atomic E-state index is 5.43. The van der Waals surface area contributed by atoms with Gasteiger partial charge in [0, 0.05) is 57.8 Å². The summed E-state index contributed by atoms with van der Waals surface area (Å²) in [4.78, 5) is 9.82. The molecule has 0 aromatic carbocycles. The van der Waals surface area contributed by atoms with E-state index in [4.69, 9.17) is 14.1 Å². The van der Waals surface area contributed by atoms with Gasteiger partial charge in [0.15, 0.2) is 5.96 Å². The Morgan fingerprint density at radius 2 is 1.83 bits per heavy atom. The van der Waals surface area contributed by atoms with Gasteiger partial charge < -0.3 is 19.8 Å². The third-order valence-electron chi connectivity index (χ3n) is 5.46. The predicted octanol–water partition coefficient (Wildman–Crippen LogP) is 2.59. The first-order chi connectivity index (χ1) is 14.6. The standard InChI is InChI=1S/C23H43N5O2/c1-20(2)28(21(3)4)14-7-11-25-23(26-12-9-22-8-5-17-30-22)24-10-6-13-27-15-18-29-19-16-27/h5,8,17,20-21H,6-7,9-16,18-19H2,1-4H3,(H2,24,25,26). The monoisotopic (exact) mass is 421 g/mol. The van der Waals surface area contributed by atoms with Gasteiger partial charge in [-0.2, -0.15) is 0 Å². The van der Waals surface area contributed by atoms with E-state index in [0.717, 1.165) is 90.0 Å². The van der Waals surface area contributed by atoms with Crippen LogP contribution in [0.25, 0.3) is 0 Å². The highest BCUT2D eigenvalue weighted by atomic mass is 16.5. The second-order valence-corrected chi connectivity index (χ2v) is 8.50. The summed E-state index contributed by atoms with van der Waals surface area (Å²) in [5.41, 5.74) is 0. The summed E-state index contributed by atoms with van der Waals surface area (Å²) in [6, 6.07) is 5.08. The number of nitrogens with one attached hydrogen (secondary N) is 2. The molecule has 0 saturated carbocycles. The van der Waals surface area contributed by atoms with Crippen LogP contribution in [-0.2, 0) is 11.2 Å². The molecule has 0 spiro atoms. The number of furan rings is 1. The Kier molecular flexibility index (Phi) is 11.9. The largest absolute Gasteiger partial charge is 0.469 e. The van der Waals surface area contributed by atoms with Crippen LogP contribution >= 0.6 is 0 Å². The van der Waals surface area contributed by atoms with Crippen LogP contribution in [-0.4, -0.2) is 86.9 Å². The molecule has 1 aliphatic rings. The number of aliphatic imine (C=N–C) groups is 1. The number of hydrogen-bond acceptors (Lipinski definition) is 5. The van der Waals surface area contributed by atoms with E-state index >= 15 is 0 Å². The van der Waals surface area contributed by atoms with E-state index in [0.29, 0.717) is 12.1 Å². The van der Waals surface area contributed by atoms with Crippen LogP contribution < -0.4 is 10.6 Å². The third kappa shape index (κ3) is 9.96. The second-order valence-electron chi connectivity index (χ2n) is 8.50. The lowest BCUT2D eigenvalue weighted by molar-refractivity contribution is 0.0376. The van der Waals surface area contributed by atoms with E-state index in [1.165, 1.54) is 0 Å². The molecule has 172 valence electrons. The number of rotatable bonds is 13. The molecule has 1 aliphatic heterocycles. The van der Waals surface area contributed by atoms with Gasteiger partial charge in [0.2, 0.25) is 0 Å². The maximum Gasteiger partial charge on any atom is 0.191 e. The summed E-state index contributed by atoms with van der Waals surface area (Å²) in [7, 11) is 0. The summed E-state index contributed by atoms with van der Waals surface area (Å²) in [6.45, 7) is 17.6. The lowest BCUT2D eigenvalue weighted by Gasteiger charge is -2.30. The van der Waals surface area contributed by atoms with E-state index < -0.39 is 0 Å². The fourth-order valence-corrected chi connectivity index (χ4v) is 3.82. The molecule has 1 aromatic rings. The Morgan fingerprint density at radius 3 is 2.50 bits per heavy atom. The Morgan fingerprint density at radius 1 is 1.10 bits per heavy atom. The zero-order chi connectivity index (χ0) is 21.6. The van der Waals surface area contributed by atoms with Crippen molar-refractivity contribution in [3.05, 3.63) is 24.2 Å².